The minimum Gasteiger partial charge on any atom is -0.480 e. The average molecular weight is 345 g/mol. The van der Waals surface area contributed by atoms with Crippen LogP contribution in [0.1, 0.15) is 30.1 Å². The van der Waals surface area contributed by atoms with Gasteiger partial charge in [0.1, 0.15) is 16.9 Å². The van der Waals surface area contributed by atoms with Gasteiger partial charge >= 0.3 is 11.9 Å². The monoisotopic (exact) mass is 345 g/mol. The highest BCUT2D eigenvalue weighted by Crippen LogP contribution is 2.36. The Morgan fingerprint density at radius 2 is 2.04 bits per heavy atom. The van der Waals surface area contributed by atoms with Crippen LogP contribution in [0.3, 0.4) is 0 Å². The highest BCUT2D eigenvalue weighted by Gasteiger charge is 2.50. The van der Waals surface area contributed by atoms with E-state index < -0.39 is 43.8 Å². The molecule has 0 radical (unpaired) electrons. The van der Waals surface area contributed by atoms with Crippen LogP contribution in [0.15, 0.2) is 23.1 Å². The van der Waals surface area contributed by atoms with Crippen LogP contribution in [0.4, 0.5) is 4.39 Å². The second kappa shape index (κ2) is 5.89. The molecule has 0 bridgehead atoms. The van der Waals surface area contributed by atoms with Crippen LogP contribution in [0.2, 0.25) is 0 Å². The van der Waals surface area contributed by atoms with E-state index in [-0.39, 0.29) is 13.0 Å². The highest BCUT2D eigenvalue weighted by molar-refractivity contribution is 7.89. The molecular weight excluding hydrogens is 329 g/mol. The zero-order valence-electron chi connectivity index (χ0n) is 12.6. The van der Waals surface area contributed by atoms with Crippen LogP contribution in [0, 0.1) is 5.82 Å². The third-order valence-electron chi connectivity index (χ3n) is 3.97. The molecule has 1 saturated heterocycles. The van der Waals surface area contributed by atoms with Crippen LogP contribution < -0.4 is 0 Å². The number of carbonyl (C=O) groups is 2. The van der Waals surface area contributed by atoms with Gasteiger partial charge in [-0.25, -0.2) is 17.6 Å². The van der Waals surface area contributed by atoms with E-state index in [4.69, 9.17) is 0 Å². The first-order chi connectivity index (χ1) is 10.7. The minimum absolute atomic E-state index is 0.0255. The first kappa shape index (κ1) is 17.4. The maximum Gasteiger partial charge on any atom is 0.342 e. The van der Waals surface area contributed by atoms with Gasteiger partial charge in [0.05, 0.1) is 12.0 Å². The van der Waals surface area contributed by atoms with Gasteiger partial charge in [0.15, 0.2) is 0 Å². The number of carboxylic acids is 1. The minimum atomic E-state index is -4.39. The Balaban J connectivity index is 2.64. The second-order valence-electron chi connectivity index (χ2n) is 5.36. The Morgan fingerprint density at radius 3 is 2.61 bits per heavy atom. The third kappa shape index (κ3) is 2.70. The summed E-state index contributed by atoms with van der Waals surface area (Å²) in [6, 6.07) is 3.14. The molecule has 9 heteroatoms. The number of benzene rings is 1. The molecule has 0 aromatic heterocycles. The summed E-state index contributed by atoms with van der Waals surface area (Å²) in [6.45, 7) is 1.26. The van der Waals surface area contributed by atoms with Crippen molar-refractivity contribution >= 4 is 22.0 Å². The van der Waals surface area contributed by atoms with E-state index in [0.717, 1.165) is 29.6 Å². The number of rotatable bonds is 4. The number of carboxylic acid groups (broad SMARTS) is 1. The van der Waals surface area contributed by atoms with E-state index in [1.165, 1.54) is 6.92 Å². The van der Waals surface area contributed by atoms with Crippen molar-refractivity contribution in [2.24, 2.45) is 0 Å². The van der Waals surface area contributed by atoms with E-state index >= 15 is 0 Å². The molecule has 1 atom stereocenters. The highest BCUT2D eigenvalue weighted by atomic mass is 32.2. The number of hydrogen-bond donors (Lipinski definition) is 1. The lowest BCUT2D eigenvalue weighted by atomic mass is 10.0. The first-order valence-electron chi connectivity index (χ1n) is 6.79. The standard InChI is InChI=1S/C14H16FNO6S/c1-14(13(18)19)7-4-8-16(14)23(20,21)10-6-3-5-9(15)11(10)12(17)22-2/h3,5-6H,4,7-8H2,1-2H3,(H,18,19). The van der Waals surface area contributed by atoms with Crippen molar-refractivity contribution in [3.63, 3.8) is 0 Å². The summed E-state index contributed by atoms with van der Waals surface area (Å²) in [7, 11) is -3.39. The Kier molecular flexibility index (Phi) is 4.45. The van der Waals surface area contributed by atoms with Crippen molar-refractivity contribution in [1.82, 2.24) is 4.31 Å². The van der Waals surface area contributed by atoms with Crippen LogP contribution in [-0.4, -0.2) is 49.0 Å². The molecular formula is C14H16FNO6S. The van der Waals surface area contributed by atoms with Crippen LogP contribution in [-0.2, 0) is 19.6 Å². The lowest BCUT2D eigenvalue weighted by Gasteiger charge is -2.30. The summed E-state index contributed by atoms with van der Waals surface area (Å²) < 4.78 is 44.9. The fourth-order valence-corrected chi connectivity index (χ4v) is 4.67. The van der Waals surface area contributed by atoms with E-state index in [2.05, 4.69) is 4.74 Å². The molecule has 1 aromatic rings. The fourth-order valence-electron chi connectivity index (χ4n) is 2.68. The van der Waals surface area contributed by atoms with Crippen molar-refractivity contribution in [2.45, 2.75) is 30.2 Å². The Bertz CT molecular complexity index is 763. The van der Waals surface area contributed by atoms with Gasteiger partial charge in [-0.3, -0.25) is 4.79 Å². The van der Waals surface area contributed by atoms with Crippen molar-refractivity contribution in [1.29, 1.82) is 0 Å². The van der Waals surface area contributed by atoms with Gasteiger partial charge in [-0.1, -0.05) is 6.07 Å². The number of esters is 1. The molecule has 1 heterocycles. The summed E-state index contributed by atoms with van der Waals surface area (Å²) in [5.41, 5.74) is -2.37. The molecule has 1 aliphatic heterocycles. The first-order valence-corrected chi connectivity index (χ1v) is 8.23. The summed E-state index contributed by atoms with van der Waals surface area (Å²) >= 11 is 0. The van der Waals surface area contributed by atoms with Crippen molar-refractivity contribution in [3.8, 4) is 0 Å². The van der Waals surface area contributed by atoms with Crippen LogP contribution >= 0.6 is 0 Å². The Morgan fingerprint density at radius 1 is 1.39 bits per heavy atom. The molecule has 7 nitrogen and oxygen atoms in total. The SMILES string of the molecule is COC(=O)c1c(F)cccc1S(=O)(=O)N1CCCC1(C)C(=O)O. The lowest BCUT2D eigenvalue weighted by Crippen LogP contribution is -2.50. The Hall–Kier alpha value is -2.00. The number of aliphatic carboxylic acids is 1. The molecule has 2 rings (SSSR count). The number of hydrogen-bond acceptors (Lipinski definition) is 5. The topological polar surface area (TPSA) is 101 Å². The fraction of sp³-hybridized carbons (Fsp3) is 0.429. The molecule has 1 N–H and O–H groups in total. The normalized spacial score (nSPS) is 22.0. The molecule has 1 fully saturated rings. The van der Waals surface area contributed by atoms with Gasteiger partial charge in [0.2, 0.25) is 10.0 Å². The summed E-state index contributed by atoms with van der Waals surface area (Å²) in [5, 5.41) is 9.36. The molecule has 1 unspecified atom stereocenters. The van der Waals surface area contributed by atoms with Gasteiger partial charge in [-0.05, 0) is 31.9 Å². The summed E-state index contributed by atoms with van der Waals surface area (Å²) in [4.78, 5) is 22.6. The van der Waals surface area contributed by atoms with Gasteiger partial charge in [-0.15, -0.1) is 0 Å². The lowest BCUT2D eigenvalue weighted by molar-refractivity contribution is -0.146. The molecule has 1 aromatic carbocycles. The number of nitrogens with zero attached hydrogens (tertiary/aromatic N) is 1. The number of ether oxygens (including phenoxy) is 1. The maximum absolute atomic E-state index is 14.0. The Labute approximate surface area is 132 Å². The van der Waals surface area contributed by atoms with Gasteiger partial charge in [0.25, 0.3) is 0 Å². The van der Waals surface area contributed by atoms with Crippen LogP contribution in [0.5, 0.6) is 0 Å². The third-order valence-corrected chi connectivity index (χ3v) is 6.03. The summed E-state index contributed by atoms with van der Waals surface area (Å²) in [6.07, 6.45) is 0.481. The molecule has 0 aliphatic carbocycles. The molecule has 23 heavy (non-hydrogen) atoms. The van der Waals surface area contributed by atoms with Crippen molar-refractivity contribution in [3.05, 3.63) is 29.6 Å². The van der Waals surface area contributed by atoms with E-state index in [1.54, 1.807) is 0 Å². The van der Waals surface area contributed by atoms with Gasteiger partial charge in [0, 0.05) is 6.54 Å². The molecule has 0 spiro atoms. The van der Waals surface area contributed by atoms with Crippen molar-refractivity contribution in [2.75, 3.05) is 13.7 Å². The molecule has 1 aliphatic rings. The van der Waals surface area contributed by atoms with Gasteiger partial charge in [-0.2, -0.15) is 4.31 Å². The quantitative estimate of drug-likeness (QED) is 0.824. The number of methoxy groups -OCH3 is 1. The zero-order chi connectivity index (χ0) is 17.4. The largest absolute Gasteiger partial charge is 0.480 e. The predicted molar refractivity (Wildman–Crippen MR) is 76.9 cm³/mol. The molecule has 0 amide bonds. The van der Waals surface area contributed by atoms with Gasteiger partial charge < -0.3 is 9.84 Å². The second-order valence-corrected chi connectivity index (χ2v) is 7.20. The predicted octanol–water partition coefficient (Wildman–Crippen LogP) is 1.24. The van der Waals surface area contributed by atoms with Crippen LogP contribution in [0.25, 0.3) is 0 Å². The number of halogens is 1. The van der Waals surface area contributed by atoms with E-state index in [0.29, 0.717) is 6.42 Å². The molecule has 0 saturated carbocycles. The van der Waals surface area contributed by atoms with E-state index in [9.17, 15) is 27.5 Å². The molecule has 126 valence electrons. The average Bonchev–Trinajstić information content (AvgIpc) is 2.90. The summed E-state index contributed by atoms with van der Waals surface area (Å²) in [5.74, 6) is -3.48. The zero-order valence-corrected chi connectivity index (χ0v) is 13.4. The van der Waals surface area contributed by atoms with E-state index in [1.807, 2.05) is 0 Å². The number of carbonyl (C=O) groups excluding carboxylic acids is 1. The van der Waals surface area contributed by atoms with Crippen molar-refractivity contribution < 1.29 is 32.2 Å². The maximum atomic E-state index is 14.0. The smallest absolute Gasteiger partial charge is 0.342 e. The number of sulfonamides is 1.